The van der Waals surface area contributed by atoms with Crippen LogP contribution in [0.3, 0.4) is 0 Å². The van der Waals surface area contributed by atoms with E-state index in [1.165, 1.54) is 231 Å². The molecule has 0 spiro atoms. The topological polar surface area (TPSA) is 192 Å². The number of hydrogen-bond acceptors (Lipinski definition) is 10. The van der Waals surface area contributed by atoms with Gasteiger partial charge in [0.25, 0.3) is 0 Å². The van der Waals surface area contributed by atoms with Crippen molar-refractivity contribution in [3.63, 3.8) is 0 Å². The fourth-order valence-electron chi connectivity index (χ4n) is 9.93. The number of carbonyl (C=O) groups excluding carboxylic acids is 1. The molecule has 0 bridgehead atoms. The van der Waals surface area contributed by atoms with Gasteiger partial charge in [-0.15, -0.1) is 0 Å². The Morgan fingerprint density at radius 1 is 0.549 bits per heavy atom. The first-order chi connectivity index (χ1) is 34.5. The van der Waals surface area contributed by atoms with Gasteiger partial charge >= 0.3 is 10.4 Å². The Bertz CT molecular complexity index is 1310. The van der Waals surface area contributed by atoms with Crippen LogP contribution >= 0.6 is 0 Å². The number of amides is 1. The molecule has 12 nitrogen and oxygen atoms in total. The van der Waals surface area contributed by atoms with Crippen LogP contribution in [0.1, 0.15) is 296 Å². The van der Waals surface area contributed by atoms with Crippen LogP contribution in [-0.2, 0) is 28.9 Å². The van der Waals surface area contributed by atoms with Gasteiger partial charge in [-0.1, -0.05) is 283 Å². The highest BCUT2D eigenvalue weighted by atomic mass is 32.3. The summed E-state index contributed by atoms with van der Waals surface area (Å²) in [5.74, 6) is -0.255. The molecular weight excluding hydrogens is 919 g/mol. The number of nitrogens with one attached hydrogen (secondary N) is 1. The van der Waals surface area contributed by atoms with Crippen LogP contribution in [0.15, 0.2) is 12.2 Å². The number of aliphatic hydroxyl groups is 4. The summed E-state index contributed by atoms with van der Waals surface area (Å²) < 4.78 is 47.9. The highest BCUT2D eigenvalue weighted by Gasteiger charge is 2.48. The van der Waals surface area contributed by atoms with E-state index in [1.807, 2.05) is 6.08 Å². The summed E-state index contributed by atoms with van der Waals surface area (Å²) >= 11 is 0. The molecule has 422 valence electrons. The Balaban J connectivity index is 2.34. The zero-order valence-corrected chi connectivity index (χ0v) is 46.6. The molecule has 1 aliphatic rings. The molecule has 1 saturated heterocycles. The quantitative estimate of drug-likeness (QED) is 0.0193. The van der Waals surface area contributed by atoms with Crippen molar-refractivity contribution in [2.75, 3.05) is 13.2 Å². The lowest BCUT2D eigenvalue weighted by Crippen LogP contribution is -2.61. The highest BCUT2D eigenvalue weighted by Crippen LogP contribution is 2.26. The summed E-state index contributed by atoms with van der Waals surface area (Å²) in [5, 5.41) is 45.0. The van der Waals surface area contributed by atoms with Gasteiger partial charge in [-0.3, -0.25) is 9.35 Å². The first-order valence-corrected chi connectivity index (χ1v) is 31.4. The molecular formula is C58H113NO11S. The molecule has 6 N–H and O–H groups in total. The Kier molecular flexibility index (Phi) is 46.3. The van der Waals surface area contributed by atoms with Crippen LogP contribution in [0.5, 0.6) is 0 Å². The van der Waals surface area contributed by atoms with Crippen LogP contribution in [0, 0.1) is 0 Å². The van der Waals surface area contributed by atoms with Gasteiger partial charge in [0, 0.05) is 6.42 Å². The van der Waals surface area contributed by atoms with Crippen LogP contribution in [0.4, 0.5) is 0 Å². The lowest BCUT2D eigenvalue weighted by molar-refractivity contribution is -0.298. The molecule has 1 rings (SSSR count). The molecule has 71 heavy (non-hydrogen) atoms. The number of ether oxygens (including phenoxy) is 2. The van der Waals surface area contributed by atoms with Crippen molar-refractivity contribution in [1.82, 2.24) is 5.32 Å². The van der Waals surface area contributed by atoms with E-state index in [2.05, 4.69) is 23.3 Å². The fraction of sp³-hybridized carbons (Fsp3) is 0.948. The van der Waals surface area contributed by atoms with Gasteiger partial charge in [-0.25, -0.2) is 4.18 Å². The van der Waals surface area contributed by atoms with Gasteiger partial charge in [-0.05, 0) is 19.3 Å². The number of aliphatic hydroxyl groups excluding tert-OH is 4. The molecule has 0 saturated carbocycles. The number of allylic oxidation sites excluding steroid dienone is 1. The monoisotopic (exact) mass is 1030 g/mol. The molecule has 0 aromatic rings. The molecule has 7 atom stereocenters. The van der Waals surface area contributed by atoms with Crippen LogP contribution in [0.2, 0.25) is 0 Å². The highest BCUT2D eigenvalue weighted by molar-refractivity contribution is 7.80. The summed E-state index contributed by atoms with van der Waals surface area (Å²) in [6, 6.07) is -0.940. The predicted molar refractivity (Wildman–Crippen MR) is 292 cm³/mol. The maximum absolute atomic E-state index is 13.1. The maximum atomic E-state index is 13.1. The third-order valence-corrected chi connectivity index (χ3v) is 15.0. The van der Waals surface area contributed by atoms with Crippen molar-refractivity contribution in [2.24, 2.45) is 0 Å². The normalized spacial score (nSPS) is 19.5. The number of unbranched alkanes of at least 4 members (excludes halogenated alkanes) is 41. The van der Waals surface area contributed by atoms with Gasteiger partial charge in [0.2, 0.25) is 5.91 Å². The van der Waals surface area contributed by atoms with Crippen LogP contribution < -0.4 is 5.32 Å². The second-order valence-corrected chi connectivity index (χ2v) is 22.4. The standard InChI is InChI=1S/C58H113NO11S/c1-3-5-7-9-11-13-15-17-19-21-23-24-25-26-27-28-30-31-33-35-37-39-41-43-45-47-52(61)51(50-68-58-56(64)57(70-71(65,66)67)55(63)53(49-60)69-58)59-54(62)48-46-44-42-40-38-36-34-32-29-22-20-18-16-14-12-10-8-6-4-2/h45,47,51-53,55-58,60-61,63-64H,3-44,46,48-50H2,1-2H3,(H,59,62)(H,65,66,67)/b47-45+. The largest absolute Gasteiger partial charge is 0.397 e. The van der Waals surface area contributed by atoms with E-state index in [0.29, 0.717) is 6.42 Å². The van der Waals surface area contributed by atoms with E-state index < -0.39 is 59.9 Å². The van der Waals surface area contributed by atoms with Gasteiger partial charge < -0.3 is 35.2 Å². The molecule has 1 amide bonds. The summed E-state index contributed by atoms with van der Waals surface area (Å²) in [6.07, 6.45) is 49.7. The molecule has 1 heterocycles. The lowest BCUT2D eigenvalue weighted by atomic mass is 9.99. The number of rotatable bonds is 53. The van der Waals surface area contributed by atoms with E-state index in [1.54, 1.807) is 6.08 Å². The molecule has 0 aliphatic carbocycles. The molecule has 7 unspecified atom stereocenters. The van der Waals surface area contributed by atoms with Crippen LogP contribution in [0.25, 0.3) is 0 Å². The number of carbonyl (C=O) groups is 1. The van der Waals surface area contributed by atoms with Gasteiger partial charge in [0.15, 0.2) is 6.29 Å². The van der Waals surface area contributed by atoms with Crippen molar-refractivity contribution in [2.45, 2.75) is 339 Å². The van der Waals surface area contributed by atoms with Crippen LogP contribution in [-0.4, -0.2) is 95.4 Å². The third kappa shape index (κ3) is 40.8. The Labute approximate surface area is 436 Å². The second kappa shape index (κ2) is 48.5. The van der Waals surface area contributed by atoms with E-state index in [9.17, 15) is 38.2 Å². The molecule has 0 radical (unpaired) electrons. The third-order valence-electron chi connectivity index (χ3n) is 14.6. The van der Waals surface area contributed by atoms with E-state index >= 15 is 0 Å². The molecule has 0 aromatic heterocycles. The average molecular weight is 1030 g/mol. The smallest absolute Gasteiger partial charge is 0.394 e. The SMILES string of the molecule is CCCCCCCCCCCCCCCCCCCCCCCCC/C=C/C(O)C(COC1OC(CO)C(O)C(OS(=O)(=O)O)C1O)NC(=O)CCCCCCCCCCCCCCCCCCCCC. The molecule has 1 fully saturated rings. The Morgan fingerprint density at radius 2 is 0.887 bits per heavy atom. The minimum Gasteiger partial charge on any atom is -0.394 e. The van der Waals surface area contributed by atoms with Crippen molar-refractivity contribution >= 4 is 16.3 Å². The van der Waals surface area contributed by atoms with Crippen molar-refractivity contribution in [1.29, 1.82) is 0 Å². The van der Waals surface area contributed by atoms with Crippen molar-refractivity contribution in [3.8, 4) is 0 Å². The predicted octanol–water partition coefficient (Wildman–Crippen LogP) is 14.2. The molecule has 13 heteroatoms. The minimum absolute atomic E-state index is 0.255. The van der Waals surface area contributed by atoms with Gasteiger partial charge in [-0.2, -0.15) is 8.42 Å². The van der Waals surface area contributed by atoms with Gasteiger partial charge in [0.05, 0.1) is 25.4 Å². The fourth-order valence-corrected chi connectivity index (χ4v) is 10.4. The summed E-state index contributed by atoms with van der Waals surface area (Å²) in [5.41, 5.74) is 0. The number of hydrogen-bond donors (Lipinski definition) is 6. The van der Waals surface area contributed by atoms with Crippen molar-refractivity contribution in [3.05, 3.63) is 12.2 Å². The minimum atomic E-state index is -5.09. The summed E-state index contributed by atoms with van der Waals surface area (Å²) in [4.78, 5) is 13.1. The van der Waals surface area contributed by atoms with E-state index in [4.69, 9.17) is 9.47 Å². The second-order valence-electron chi connectivity index (χ2n) is 21.3. The maximum Gasteiger partial charge on any atom is 0.397 e. The zero-order chi connectivity index (χ0) is 51.9. The Hall–Kier alpha value is -1.16. The zero-order valence-electron chi connectivity index (χ0n) is 45.8. The Morgan fingerprint density at radius 3 is 1.23 bits per heavy atom. The first-order valence-electron chi connectivity index (χ1n) is 30.1. The molecule has 0 aromatic carbocycles. The van der Waals surface area contributed by atoms with Crippen molar-refractivity contribution < 1.29 is 51.8 Å². The van der Waals surface area contributed by atoms with E-state index in [0.717, 1.165) is 38.5 Å². The first kappa shape index (κ1) is 67.9. The summed E-state index contributed by atoms with van der Waals surface area (Å²) in [6.45, 7) is 3.45. The summed E-state index contributed by atoms with van der Waals surface area (Å²) in [7, 11) is -5.09. The average Bonchev–Trinajstić information content (AvgIpc) is 3.34. The molecule has 1 aliphatic heterocycles. The van der Waals surface area contributed by atoms with E-state index in [-0.39, 0.29) is 18.9 Å². The lowest BCUT2D eigenvalue weighted by Gasteiger charge is -2.41. The van der Waals surface area contributed by atoms with Gasteiger partial charge in [0.1, 0.15) is 24.4 Å².